The number of aryl methyl sites for hydroxylation is 2. The van der Waals surface area contributed by atoms with Gasteiger partial charge in [-0.15, -0.1) is 0 Å². The number of hydrogen-bond donors (Lipinski definition) is 1. The highest BCUT2D eigenvalue weighted by molar-refractivity contribution is 8.01. The molecule has 1 aromatic heterocycles. The monoisotopic (exact) mass is 349 g/mol. The molecular weight excluding hydrogens is 334 g/mol. The zero-order valence-corrected chi connectivity index (χ0v) is 14.2. The number of imide groups is 1. The lowest BCUT2D eigenvalue weighted by molar-refractivity contribution is -0.120. The number of carbonyl (C=O) groups is 2. The van der Waals surface area contributed by atoms with Gasteiger partial charge in [-0.05, 0) is 43.0 Å². The average Bonchev–Trinajstić information content (AvgIpc) is 3.17. The Kier molecular flexibility index (Phi) is 3.06. The van der Waals surface area contributed by atoms with Crippen LogP contribution in [0.4, 0.5) is 5.69 Å². The number of carbonyl (C=O) groups excluding carboxylic acids is 2. The van der Waals surface area contributed by atoms with Crippen LogP contribution in [-0.2, 0) is 22.4 Å². The molecule has 0 bridgehead atoms. The number of nitrogens with two attached hydrogens (primary N) is 1. The molecule has 1 fully saturated rings. The van der Waals surface area contributed by atoms with E-state index >= 15 is 0 Å². The first-order valence-electron chi connectivity index (χ1n) is 8.28. The van der Waals surface area contributed by atoms with Crippen molar-refractivity contribution in [3.05, 3.63) is 58.8 Å². The molecule has 5 nitrogen and oxygen atoms in total. The molecule has 1 saturated heterocycles. The SMILES string of the molecule is NC1=C2C(=O)N(c3ccccc3)C(=O)[C@@H]2Sc2nc3c(cc21)CCC3. The predicted octanol–water partition coefficient (Wildman–Crippen LogP) is 2.29. The molecule has 0 unspecified atom stereocenters. The van der Waals surface area contributed by atoms with Gasteiger partial charge >= 0.3 is 0 Å². The largest absolute Gasteiger partial charge is 0.398 e. The fourth-order valence-electron chi connectivity index (χ4n) is 3.75. The Morgan fingerprint density at radius 3 is 2.76 bits per heavy atom. The van der Waals surface area contributed by atoms with E-state index in [-0.39, 0.29) is 11.8 Å². The van der Waals surface area contributed by atoms with Crippen LogP contribution in [0.15, 0.2) is 47.0 Å². The molecule has 3 heterocycles. The van der Waals surface area contributed by atoms with Gasteiger partial charge in [-0.25, -0.2) is 9.88 Å². The van der Waals surface area contributed by atoms with Crippen molar-refractivity contribution in [3.63, 3.8) is 0 Å². The number of hydrogen-bond acceptors (Lipinski definition) is 5. The fraction of sp³-hybridized carbons (Fsp3) is 0.211. The van der Waals surface area contributed by atoms with Crippen LogP contribution in [0.25, 0.3) is 5.70 Å². The number of pyridine rings is 1. The van der Waals surface area contributed by atoms with Crippen LogP contribution in [0.3, 0.4) is 0 Å². The van der Waals surface area contributed by atoms with E-state index in [1.54, 1.807) is 12.1 Å². The van der Waals surface area contributed by atoms with E-state index in [4.69, 9.17) is 10.7 Å². The molecule has 0 spiro atoms. The first-order valence-corrected chi connectivity index (χ1v) is 9.16. The van der Waals surface area contributed by atoms with Gasteiger partial charge in [0.1, 0.15) is 10.3 Å². The summed E-state index contributed by atoms with van der Waals surface area (Å²) >= 11 is 1.35. The van der Waals surface area contributed by atoms with Gasteiger partial charge in [0.25, 0.3) is 11.8 Å². The molecule has 1 aliphatic carbocycles. The van der Waals surface area contributed by atoms with E-state index < -0.39 is 5.25 Å². The van der Waals surface area contributed by atoms with Gasteiger partial charge in [-0.3, -0.25) is 9.59 Å². The van der Waals surface area contributed by atoms with Gasteiger partial charge in [0.05, 0.1) is 17.0 Å². The zero-order valence-electron chi connectivity index (χ0n) is 13.4. The van der Waals surface area contributed by atoms with Crippen LogP contribution < -0.4 is 10.6 Å². The minimum absolute atomic E-state index is 0.243. The Labute approximate surface area is 148 Å². The maximum Gasteiger partial charge on any atom is 0.264 e. The van der Waals surface area contributed by atoms with Crippen LogP contribution in [0.1, 0.15) is 23.2 Å². The molecule has 3 aliphatic rings. The van der Waals surface area contributed by atoms with E-state index in [2.05, 4.69) is 6.07 Å². The summed E-state index contributed by atoms with van der Waals surface area (Å²) in [4.78, 5) is 31.8. The maximum absolute atomic E-state index is 12.9. The number of para-hydroxylation sites is 1. The second kappa shape index (κ2) is 5.20. The Bertz CT molecular complexity index is 968. The van der Waals surface area contributed by atoms with Crippen molar-refractivity contribution in [1.82, 2.24) is 4.98 Å². The highest BCUT2D eigenvalue weighted by atomic mass is 32.2. The van der Waals surface area contributed by atoms with E-state index in [0.29, 0.717) is 17.0 Å². The third kappa shape index (κ3) is 2.00. The van der Waals surface area contributed by atoms with Gasteiger partial charge in [-0.2, -0.15) is 0 Å². The number of fused-ring (bicyclic) bond motifs is 3. The summed E-state index contributed by atoms with van der Waals surface area (Å²) in [5.41, 5.74) is 10.8. The van der Waals surface area contributed by atoms with Gasteiger partial charge in [-0.1, -0.05) is 30.0 Å². The molecule has 124 valence electrons. The number of thioether (sulfide) groups is 1. The Morgan fingerprint density at radius 1 is 1.16 bits per heavy atom. The molecule has 1 aromatic carbocycles. The molecule has 6 heteroatoms. The van der Waals surface area contributed by atoms with E-state index in [1.807, 2.05) is 18.2 Å². The minimum atomic E-state index is -0.604. The molecule has 5 rings (SSSR count). The second-order valence-corrected chi connectivity index (χ2v) is 7.53. The first-order chi connectivity index (χ1) is 12.1. The standard InChI is InChI=1S/C19H15N3O2S/c20-15-12-9-10-5-4-8-13(10)21-17(12)25-16-14(15)18(23)22(19(16)24)11-6-2-1-3-7-11/h1-3,6-7,9,16H,4-5,8,20H2/t16-/m1/s1. The summed E-state index contributed by atoms with van der Waals surface area (Å²) in [5.74, 6) is -0.565. The molecule has 0 radical (unpaired) electrons. The lowest BCUT2D eigenvalue weighted by Gasteiger charge is -2.20. The third-order valence-electron chi connectivity index (χ3n) is 4.98. The number of aromatic nitrogens is 1. The van der Waals surface area contributed by atoms with Crippen molar-refractivity contribution >= 4 is 35.0 Å². The van der Waals surface area contributed by atoms with Gasteiger partial charge < -0.3 is 5.73 Å². The van der Waals surface area contributed by atoms with Crippen molar-refractivity contribution in [2.45, 2.75) is 29.5 Å². The van der Waals surface area contributed by atoms with E-state index in [1.165, 1.54) is 22.2 Å². The number of amides is 2. The summed E-state index contributed by atoms with van der Waals surface area (Å²) in [6, 6.07) is 11.0. The van der Waals surface area contributed by atoms with Gasteiger partial charge in [0.2, 0.25) is 0 Å². The quantitative estimate of drug-likeness (QED) is 0.800. The van der Waals surface area contributed by atoms with Crippen molar-refractivity contribution in [2.24, 2.45) is 5.73 Å². The van der Waals surface area contributed by atoms with Crippen LogP contribution in [0.5, 0.6) is 0 Å². The molecule has 2 aliphatic heterocycles. The smallest absolute Gasteiger partial charge is 0.264 e. The molecule has 2 amide bonds. The third-order valence-corrected chi connectivity index (χ3v) is 6.19. The van der Waals surface area contributed by atoms with Crippen molar-refractivity contribution in [2.75, 3.05) is 4.90 Å². The van der Waals surface area contributed by atoms with Crippen molar-refractivity contribution < 1.29 is 9.59 Å². The van der Waals surface area contributed by atoms with E-state index in [0.717, 1.165) is 35.5 Å². The zero-order chi connectivity index (χ0) is 17.1. The molecule has 1 atom stereocenters. The van der Waals surface area contributed by atoms with Crippen LogP contribution in [0, 0.1) is 0 Å². The second-order valence-electron chi connectivity index (χ2n) is 6.44. The first kappa shape index (κ1) is 14.7. The summed E-state index contributed by atoms with van der Waals surface area (Å²) < 4.78 is 0. The molecule has 0 saturated carbocycles. The highest BCUT2D eigenvalue weighted by Gasteiger charge is 2.49. The predicted molar refractivity (Wildman–Crippen MR) is 95.9 cm³/mol. The summed E-state index contributed by atoms with van der Waals surface area (Å²) in [7, 11) is 0. The Balaban J connectivity index is 1.65. The number of nitrogens with zero attached hydrogens (tertiary/aromatic N) is 2. The van der Waals surface area contributed by atoms with Crippen LogP contribution in [0.2, 0.25) is 0 Å². The minimum Gasteiger partial charge on any atom is -0.398 e. The molecular formula is C19H15N3O2S. The van der Waals surface area contributed by atoms with Crippen molar-refractivity contribution in [1.29, 1.82) is 0 Å². The number of benzene rings is 1. The molecule has 25 heavy (non-hydrogen) atoms. The summed E-state index contributed by atoms with van der Waals surface area (Å²) in [6.07, 6.45) is 3.05. The summed E-state index contributed by atoms with van der Waals surface area (Å²) in [5, 5.41) is 0.162. The van der Waals surface area contributed by atoms with Crippen LogP contribution >= 0.6 is 11.8 Å². The molecule has 2 N–H and O–H groups in total. The van der Waals surface area contributed by atoms with E-state index in [9.17, 15) is 9.59 Å². The summed E-state index contributed by atoms with van der Waals surface area (Å²) in [6.45, 7) is 0. The normalized spacial score (nSPS) is 21.4. The topological polar surface area (TPSA) is 76.3 Å². The molecule has 2 aromatic rings. The average molecular weight is 349 g/mol. The Morgan fingerprint density at radius 2 is 1.96 bits per heavy atom. The van der Waals surface area contributed by atoms with Gasteiger partial charge in [0, 0.05) is 11.3 Å². The number of rotatable bonds is 1. The van der Waals surface area contributed by atoms with Crippen molar-refractivity contribution in [3.8, 4) is 0 Å². The lowest BCUT2D eigenvalue weighted by Crippen LogP contribution is -2.31. The van der Waals surface area contributed by atoms with Gasteiger partial charge in [0.15, 0.2) is 0 Å². The van der Waals surface area contributed by atoms with Crippen LogP contribution in [-0.4, -0.2) is 22.0 Å². The number of anilines is 1. The fourth-order valence-corrected chi connectivity index (χ4v) is 4.99. The lowest BCUT2D eigenvalue weighted by atomic mass is 10.0. The Hall–Kier alpha value is -2.60. The maximum atomic E-state index is 12.9. The highest BCUT2D eigenvalue weighted by Crippen LogP contribution is 2.45.